The molecule has 3 aliphatic heterocycles. The number of carbonyl (C=O) groups is 3. The van der Waals surface area contributed by atoms with Crippen LogP contribution in [0.15, 0.2) is 218 Å². The molecule has 8 aromatic rings. The molecule has 0 spiro atoms. The first-order valence-corrected chi connectivity index (χ1v) is 27.2. The summed E-state index contributed by atoms with van der Waals surface area (Å²) in [6.45, 7) is 5.53. The molecule has 11 rings (SSSR count). The first kappa shape index (κ1) is 53.0. The Kier molecular flexibility index (Phi) is 15.5. The summed E-state index contributed by atoms with van der Waals surface area (Å²) in [5.41, 5.74) is 1.62. The number of piperidine rings is 1. The van der Waals surface area contributed by atoms with Gasteiger partial charge in [0, 0.05) is 58.4 Å². The van der Waals surface area contributed by atoms with Crippen LogP contribution in [0.25, 0.3) is 22.3 Å². The Morgan fingerprint density at radius 2 is 0.835 bits per heavy atom. The van der Waals surface area contributed by atoms with E-state index >= 15 is 0 Å². The lowest BCUT2D eigenvalue weighted by molar-refractivity contribution is -0.170. The zero-order valence-electron chi connectivity index (χ0n) is 44.0. The lowest BCUT2D eigenvalue weighted by Gasteiger charge is -2.41. The largest absolute Gasteiger partial charge is 0.457 e. The molecule has 3 heterocycles. The van der Waals surface area contributed by atoms with Crippen LogP contribution >= 0.6 is 0 Å². The number of carbonyl (C=O) groups excluding carboxylic acids is 3. The second-order valence-electron chi connectivity index (χ2n) is 21.2. The van der Waals surface area contributed by atoms with Crippen molar-refractivity contribution in [1.29, 1.82) is 0 Å². The summed E-state index contributed by atoms with van der Waals surface area (Å²) in [6, 6.07) is 66.8. The van der Waals surface area contributed by atoms with Crippen LogP contribution < -0.4 is 16.0 Å². The molecule has 3 saturated heterocycles. The molecule has 3 aliphatic rings. The maximum Gasteiger partial charge on any atom is 0.348 e. The zero-order chi connectivity index (χ0) is 54.4. The van der Waals surface area contributed by atoms with Crippen molar-refractivity contribution in [2.24, 2.45) is 0 Å². The molecule has 8 aromatic carbocycles. The van der Waals surface area contributed by atoms with Gasteiger partial charge in [-0.25, -0.2) is 4.79 Å². The zero-order valence-corrected chi connectivity index (χ0v) is 44.0. The molecule has 2 amide bonds. The summed E-state index contributed by atoms with van der Waals surface area (Å²) in [5, 5.41) is 47.2. The molecule has 3 unspecified atom stereocenters. The number of rotatable bonds is 18. The van der Waals surface area contributed by atoms with Crippen LogP contribution in [-0.2, 0) is 49.0 Å². The van der Waals surface area contributed by atoms with Crippen LogP contribution in [0, 0.1) is 0 Å². The number of aliphatic hydroxyl groups is 3. The van der Waals surface area contributed by atoms with Gasteiger partial charge in [0.1, 0.15) is 6.10 Å². The van der Waals surface area contributed by atoms with Crippen LogP contribution in [0.3, 0.4) is 0 Å². The number of nitrogens with one attached hydrogen (secondary N) is 3. The van der Waals surface area contributed by atoms with Crippen molar-refractivity contribution in [3.63, 3.8) is 0 Å². The van der Waals surface area contributed by atoms with Crippen molar-refractivity contribution in [2.75, 3.05) is 39.3 Å². The van der Waals surface area contributed by atoms with E-state index in [-0.39, 0.29) is 18.2 Å². The lowest BCUT2D eigenvalue weighted by atomic mass is 9.82. The van der Waals surface area contributed by atoms with Crippen LogP contribution in [0.4, 0.5) is 0 Å². The fourth-order valence-electron chi connectivity index (χ4n) is 11.1. The highest BCUT2D eigenvalue weighted by Crippen LogP contribution is 2.38. The molecule has 6 N–H and O–H groups in total. The van der Waals surface area contributed by atoms with E-state index in [2.05, 4.69) is 50.0 Å². The molecular weight excluding hydrogens is 987 g/mol. The third-order valence-electron chi connectivity index (χ3n) is 15.9. The van der Waals surface area contributed by atoms with Crippen molar-refractivity contribution in [2.45, 2.75) is 60.9 Å². The van der Waals surface area contributed by atoms with Gasteiger partial charge < -0.3 is 36.0 Å². The smallest absolute Gasteiger partial charge is 0.348 e. The van der Waals surface area contributed by atoms with Gasteiger partial charge in [0.15, 0.2) is 11.2 Å². The fourth-order valence-corrected chi connectivity index (χ4v) is 11.1. The van der Waals surface area contributed by atoms with Gasteiger partial charge in [0.2, 0.25) is 5.60 Å². The molecule has 0 radical (unpaired) electrons. The Hall–Kier alpha value is -8.07. The summed E-state index contributed by atoms with van der Waals surface area (Å²) >= 11 is 0. The molecule has 12 heteroatoms. The van der Waals surface area contributed by atoms with E-state index in [1.807, 2.05) is 115 Å². The number of esters is 1. The van der Waals surface area contributed by atoms with Crippen LogP contribution in [0.1, 0.15) is 57.3 Å². The minimum Gasteiger partial charge on any atom is -0.457 e. The van der Waals surface area contributed by atoms with Crippen molar-refractivity contribution in [1.82, 2.24) is 25.8 Å². The van der Waals surface area contributed by atoms with E-state index in [0.717, 1.165) is 61.3 Å². The third kappa shape index (κ3) is 11.2. The molecular formula is C67H65N5O7. The van der Waals surface area contributed by atoms with Crippen molar-refractivity contribution >= 4 is 17.8 Å². The second kappa shape index (κ2) is 23.1. The minimum absolute atomic E-state index is 0.108. The SMILES string of the molecule is O=C(NC1CCN(Cc2ccccc2)CC1)C(O)(c1ccccc1)c1cccc(-c2ccc(C(O)(C(=O)NC3CN(Cc4ccccc4)C3)c3ccc(-c4ccc(C(O)(C(=O)OC5CNC5)c5ccccc5)cc4)cc3)cc2)c1. The fraction of sp³-hybridized carbons (Fsp3) is 0.239. The topological polar surface area (TPSA) is 164 Å². The predicted octanol–water partition coefficient (Wildman–Crippen LogP) is 8.02. The average Bonchev–Trinajstić information content (AvgIpc) is 3.53. The Morgan fingerprint density at radius 3 is 1.32 bits per heavy atom. The Balaban J connectivity index is 0.848. The molecule has 0 aliphatic carbocycles. The van der Waals surface area contributed by atoms with Gasteiger partial charge in [0.25, 0.3) is 11.8 Å². The number of amides is 2. The van der Waals surface area contributed by atoms with E-state index in [0.29, 0.717) is 59.6 Å². The predicted molar refractivity (Wildman–Crippen MR) is 305 cm³/mol. The molecule has 12 nitrogen and oxygen atoms in total. The van der Waals surface area contributed by atoms with Gasteiger partial charge in [-0.3, -0.25) is 19.4 Å². The Bertz CT molecular complexity index is 3350. The van der Waals surface area contributed by atoms with E-state index in [1.165, 1.54) is 11.1 Å². The summed E-state index contributed by atoms with van der Waals surface area (Å²) in [5.74, 6) is -1.80. The van der Waals surface area contributed by atoms with Gasteiger partial charge in [0.05, 0.1) is 6.04 Å². The summed E-state index contributed by atoms with van der Waals surface area (Å²) in [7, 11) is 0. The van der Waals surface area contributed by atoms with Gasteiger partial charge in [-0.15, -0.1) is 0 Å². The van der Waals surface area contributed by atoms with Crippen molar-refractivity contribution < 1.29 is 34.4 Å². The number of benzene rings is 8. The van der Waals surface area contributed by atoms with E-state index < -0.39 is 34.6 Å². The highest BCUT2D eigenvalue weighted by molar-refractivity contribution is 5.92. The molecule has 3 atom stereocenters. The Morgan fingerprint density at radius 1 is 0.443 bits per heavy atom. The molecule has 400 valence electrons. The number of hydrogen-bond acceptors (Lipinski definition) is 10. The van der Waals surface area contributed by atoms with Gasteiger partial charge in [-0.05, 0) is 85.7 Å². The second-order valence-corrected chi connectivity index (χ2v) is 21.2. The maximum absolute atomic E-state index is 14.7. The molecule has 0 saturated carbocycles. The average molecular weight is 1050 g/mol. The van der Waals surface area contributed by atoms with Crippen molar-refractivity contribution in [3.8, 4) is 22.3 Å². The van der Waals surface area contributed by atoms with Gasteiger partial charge in [-0.1, -0.05) is 212 Å². The highest BCUT2D eigenvalue weighted by Gasteiger charge is 2.45. The Labute approximate surface area is 461 Å². The third-order valence-corrected chi connectivity index (χ3v) is 15.9. The highest BCUT2D eigenvalue weighted by atomic mass is 16.6. The standard InChI is InChI=1S/C67H65N5O7/c73-62(70-60-45-72(46-60)44-48-16-7-2-8-17-48)65(76,55-30-24-49(25-31-55)50-26-34-57(35-27-50)67(78,54-21-11-4-12-22-54)64(75)79-61-41-68-42-61)56-32-28-51(29-33-56)52-18-13-23-58(40-52)66(77,53-19-9-3-10-20-53)63(74)69-59-36-38-71(39-37-59)43-47-14-5-1-6-15-47/h1-35,40,59-61,68,76-78H,36-39,41-46H2,(H,69,74)(H,70,73). The van der Waals surface area contributed by atoms with Crippen LogP contribution in [0.2, 0.25) is 0 Å². The minimum atomic E-state index is -2.12. The van der Waals surface area contributed by atoms with E-state index in [9.17, 15) is 29.7 Å². The van der Waals surface area contributed by atoms with Gasteiger partial charge >= 0.3 is 5.97 Å². The number of nitrogens with zero attached hydrogens (tertiary/aromatic N) is 2. The summed E-state index contributed by atoms with van der Waals surface area (Å²) < 4.78 is 5.71. The molecule has 0 bridgehead atoms. The lowest BCUT2D eigenvalue weighted by Crippen LogP contribution is -2.61. The van der Waals surface area contributed by atoms with Crippen molar-refractivity contribution in [3.05, 3.63) is 263 Å². The number of likely N-dealkylation sites (tertiary alicyclic amines) is 2. The quantitative estimate of drug-likeness (QED) is 0.0464. The van der Waals surface area contributed by atoms with Crippen LogP contribution in [-0.4, -0.2) is 100 Å². The monoisotopic (exact) mass is 1050 g/mol. The molecule has 0 aromatic heterocycles. The van der Waals surface area contributed by atoms with E-state index in [4.69, 9.17) is 4.74 Å². The molecule has 79 heavy (non-hydrogen) atoms. The van der Waals surface area contributed by atoms with Crippen LogP contribution in [0.5, 0.6) is 0 Å². The first-order chi connectivity index (χ1) is 38.5. The number of hydrogen-bond donors (Lipinski definition) is 6. The normalized spacial score (nSPS) is 17.7. The van der Waals surface area contributed by atoms with Gasteiger partial charge in [-0.2, -0.15) is 0 Å². The maximum atomic E-state index is 14.7. The summed E-state index contributed by atoms with van der Waals surface area (Å²) in [4.78, 5) is 47.5. The summed E-state index contributed by atoms with van der Waals surface area (Å²) in [6.07, 6.45) is 1.19. The van der Waals surface area contributed by atoms with E-state index in [1.54, 1.807) is 78.9 Å². The first-order valence-electron chi connectivity index (χ1n) is 27.2. The number of ether oxygens (including phenoxy) is 1. The molecule has 3 fully saturated rings.